The van der Waals surface area contributed by atoms with E-state index in [1.165, 1.54) is 6.42 Å². The molecule has 0 heterocycles. The normalized spacial score (nSPS) is 3.33. The summed E-state index contributed by atoms with van der Waals surface area (Å²) in [6.45, 7) is 5.72. The molecule has 0 aromatic heterocycles. The Morgan fingerprint density at radius 3 is 1.11 bits per heavy atom. The second kappa shape index (κ2) is 47.4. The van der Waals surface area contributed by atoms with Crippen LogP contribution in [0.5, 0.6) is 0 Å². The van der Waals surface area contributed by atoms with E-state index in [-0.39, 0.29) is 83.3 Å². The molecule has 0 unspecified atom stereocenters. The van der Waals surface area contributed by atoms with Crippen LogP contribution in [0.25, 0.3) is 0 Å². The molecule has 0 aromatic rings. The van der Waals surface area contributed by atoms with Crippen LogP contribution in [-0.2, 0) is 0 Å². The molecular weight excluding hydrogens is 203 g/mol. The second-order valence-corrected chi connectivity index (χ2v) is 0.854. The van der Waals surface area contributed by atoms with Gasteiger partial charge in [0.25, 0.3) is 0 Å². The summed E-state index contributed by atoms with van der Waals surface area (Å²) in [4.78, 5) is 0. The van der Waals surface area contributed by atoms with Crippen LogP contribution in [0.4, 0.5) is 0 Å². The Morgan fingerprint density at radius 2 is 1.11 bits per heavy atom. The van der Waals surface area contributed by atoms with E-state index >= 15 is 0 Å². The SMILES string of the molecule is [CH2-]CCC.[Cl-].[Cl-].[Cl-].[Mg+2].[Mg+2]. The van der Waals surface area contributed by atoms with Crippen LogP contribution >= 0.6 is 0 Å². The van der Waals surface area contributed by atoms with Gasteiger partial charge in [0.2, 0.25) is 0 Å². The number of rotatable bonds is 1. The van der Waals surface area contributed by atoms with E-state index in [9.17, 15) is 0 Å². The number of hydrogen-bond acceptors (Lipinski definition) is 0. The molecule has 0 N–H and O–H groups in total. The van der Waals surface area contributed by atoms with Gasteiger partial charge in [-0.05, 0) is 0 Å². The first kappa shape index (κ1) is 42.3. The van der Waals surface area contributed by atoms with Crippen molar-refractivity contribution in [3.8, 4) is 0 Å². The minimum atomic E-state index is 0. The Morgan fingerprint density at radius 1 is 1.00 bits per heavy atom. The van der Waals surface area contributed by atoms with E-state index < -0.39 is 0 Å². The van der Waals surface area contributed by atoms with Crippen LogP contribution in [0.2, 0.25) is 0 Å². The Bertz CT molecular complexity index is 15.8. The molecule has 0 atom stereocenters. The van der Waals surface area contributed by atoms with Gasteiger partial charge >= 0.3 is 46.1 Å². The molecule has 0 bridgehead atoms. The van der Waals surface area contributed by atoms with E-state index in [2.05, 4.69) is 13.8 Å². The minimum absolute atomic E-state index is 0. The average molecular weight is 212 g/mol. The first-order valence-electron chi connectivity index (χ1n) is 1.71. The van der Waals surface area contributed by atoms with Crippen LogP contribution in [0.1, 0.15) is 19.8 Å². The first-order chi connectivity index (χ1) is 1.91. The van der Waals surface area contributed by atoms with Crippen LogP contribution in [0, 0.1) is 6.92 Å². The van der Waals surface area contributed by atoms with Gasteiger partial charge in [-0.2, -0.15) is 6.42 Å². The summed E-state index contributed by atoms with van der Waals surface area (Å²) < 4.78 is 0. The summed E-state index contributed by atoms with van der Waals surface area (Å²) in [5.74, 6) is 0. The minimum Gasteiger partial charge on any atom is -1.00 e. The maximum atomic E-state index is 3.60. The molecule has 0 fully saturated rings. The number of unbranched alkanes of at least 4 members (excludes halogenated alkanes) is 1. The monoisotopic (exact) mass is 210 g/mol. The maximum absolute atomic E-state index is 3.60. The van der Waals surface area contributed by atoms with Crippen LogP contribution in [0.15, 0.2) is 0 Å². The van der Waals surface area contributed by atoms with Gasteiger partial charge < -0.3 is 44.1 Å². The molecule has 0 aromatic carbocycles. The fourth-order valence-electron chi connectivity index (χ4n) is 0. The van der Waals surface area contributed by atoms with Gasteiger partial charge in [0.15, 0.2) is 0 Å². The first-order valence-corrected chi connectivity index (χ1v) is 1.71. The molecule has 0 saturated heterocycles. The fourth-order valence-corrected chi connectivity index (χ4v) is 0. The molecule has 0 spiro atoms. The Balaban J connectivity index is -0.00000000450. The van der Waals surface area contributed by atoms with E-state index in [0.29, 0.717) is 0 Å². The Hall–Kier alpha value is 2.40. The Kier molecular flexibility index (Phi) is 223. The van der Waals surface area contributed by atoms with Crippen molar-refractivity contribution in [3.05, 3.63) is 6.92 Å². The van der Waals surface area contributed by atoms with Crippen molar-refractivity contribution in [2.24, 2.45) is 0 Å². The van der Waals surface area contributed by atoms with Crippen molar-refractivity contribution in [1.82, 2.24) is 0 Å². The van der Waals surface area contributed by atoms with Crippen LogP contribution in [-0.4, -0.2) is 46.1 Å². The molecule has 0 amide bonds. The second-order valence-electron chi connectivity index (χ2n) is 0.854. The van der Waals surface area contributed by atoms with Gasteiger partial charge in [0.1, 0.15) is 0 Å². The number of halogens is 3. The van der Waals surface area contributed by atoms with Gasteiger partial charge in [0.05, 0.1) is 0 Å². The zero-order valence-corrected chi connectivity index (χ0v) is 10.8. The van der Waals surface area contributed by atoms with Crippen LogP contribution < -0.4 is 37.2 Å². The van der Waals surface area contributed by atoms with Crippen molar-refractivity contribution in [2.75, 3.05) is 0 Å². The maximum Gasteiger partial charge on any atom is 2.00 e. The van der Waals surface area contributed by atoms with Gasteiger partial charge in [0, 0.05) is 0 Å². The van der Waals surface area contributed by atoms with E-state index in [4.69, 9.17) is 0 Å². The molecular formula is C4H9Cl3Mg2. The molecule has 50 valence electrons. The largest absolute Gasteiger partial charge is 2.00 e. The standard InChI is InChI=1S/C4H9.3ClH.2Mg/c1-3-4-2;;;;;/h1,3-4H2,2H3;3*1H;;/q-1;;;;2*+2/p-3. The van der Waals surface area contributed by atoms with E-state index in [0.717, 1.165) is 6.42 Å². The zero-order valence-electron chi connectivity index (χ0n) is 5.67. The topological polar surface area (TPSA) is 0 Å². The summed E-state index contributed by atoms with van der Waals surface area (Å²) in [6, 6.07) is 0. The van der Waals surface area contributed by atoms with Crippen molar-refractivity contribution >= 4 is 46.1 Å². The van der Waals surface area contributed by atoms with Gasteiger partial charge in [-0.15, -0.1) is 0 Å². The van der Waals surface area contributed by atoms with Crippen molar-refractivity contribution in [3.63, 3.8) is 0 Å². The van der Waals surface area contributed by atoms with E-state index in [1.54, 1.807) is 0 Å². The third-order valence-corrected chi connectivity index (χ3v) is 0.354. The zero-order chi connectivity index (χ0) is 3.41. The summed E-state index contributed by atoms with van der Waals surface area (Å²) in [7, 11) is 0. The summed E-state index contributed by atoms with van der Waals surface area (Å²) in [5, 5.41) is 0. The molecule has 0 aliphatic heterocycles. The molecule has 0 nitrogen and oxygen atoms in total. The quantitative estimate of drug-likeness (QED) is 0.299. The van der Waals surface area contributed by atoms with Gasteiger partial charge in [-0.3, -0.25) is 0 Å². The average Bonchev–Trinajstić information content (AvgIpc) is 1.37. The molecule has 0 saturated carbocycles. The molecule has 0 aliphatic rings. The molecule has 0 radical (unpaired) electrons. The third kappa shape index (κ3) is 63.4. The summed E-state index contributed by atoms with van der Waals surface area (Å²) in [6.07, 6.45) is 2.28. The third-order valence-electron chi connectivity index (χ3n) is 0.354. The number of hydrogen-bond donors (Lipinski definition) is 0. The fraction of sp³-hybridized carbons (Fsp3) is 0.750. The Labute approximate surface area is 109 Å². The van der Waals surface area contributed by atoms with E-state index in [1.807, 2.05) is 0 Å². The van der Waals surface area contributed by atoms with Crippen molar-refractivity contribution in [1.29, 1.82) is 0 Å². The predicted molar refractivity (Wildman–Crippen MR) is 31.8 cm³/mol. The van der Waals surface area contributed by atoms with Crippen LogP contribution in [0.3, 0.4) is 0 Å². The van der Waals surface area contributed by atoms with Crippen molar-refractivity contribution in [2.45, 2.75) is 19.8 Å². The summed E-state index contributed by atoms with van der Waals surface area (Å²) >= 11 is 0. The van der Waals surface area contributed by atoms with Gasteiger partial charge in [-0.25, -0.2) is 0 Å². The molecule has 0 aliphatic carbocycles. The molecule has 5 heteroatoms. The molecule has 0 rings (SSSR count). The predicted octanol–water partition coefficient (Wildman–Crippen LogP) is -8.13. The summed E-state index contributed by atoms with van der Waals surface area (Å²) in [5.41, 5.74) is 0. The molecule has 9 heavy (non-hydrogen) atoms. The van der Waals surface area contributed by atoms with Gasteiger partial charge in [-0.1, -0.05) is 13.3 Å². The smallest absolute Gasteiger partial charge is 1.00 e. The van der Waals surface area contributed by atoms with Crippen molar-refractivity contribution < 1.29 is 37.2 Å².